The molecule has 2 aliphatic rings. The Kier molecular flexibility index (Phi) is 19.1. The van der Waals surface area contributed by atoms with Crippen LogP contribution in [0.15, 0.2) is 0 Å². The van der Waals surface area contributed by atoms with Crippen LogP contribution in [0.4, 0.5) is 0 Å². The highest BCUT2D eigenvalue weighted by atomic mass is 16.5. The van der Waals surface area contributed by atoms with Crippen molar-refractivity contribution in [3.8, 4) is 0 Å². The largest absolute Gasteiger partial charge is 0.469 e. The number of ether oxygens (including phenoxy) is 3. The van der Waals surface area contributed by atoms with E-state index in [0.717, 1.165) is 25.7 Å². The van der Waals surface area contributed by atoms with Crippen molar-refractivity contribution in [3.05, 3.63) is 0 Å². The summed E-state index contributed by atoms with van der Waals surface area (Å²) in [5, 5.41) is 0. The molecule has 0 spiro atoms. The van der Waals surface area contributed by atoms with Gasteiger partial charge in [-0.15, -0.1) is 0 Å². The van der Waals surface area contributed by atoms with Crippen LogP contribution in [-0.2, 0) is 28.6 Å². The maximum absolute atomic E-state index is 14.3. The Labute approximate surface area is 315 Å². The molecule has 2 aliphatic carbocycles. The Hall–Kier alpha value is -1.59. The van der Waals surface area contributed by atoms with E-state index in [4.69, 9.17) is 14.2 Å². The SMILES string of the molecule is CCCCCCCCCCCCCCCCCCOC(=O)C(C)(CC)CCC(C)(CC(C)(CC)C(=O)OC)C(=O)OC1CC2CCC1(C)C2(C)C. The number of hydrogen-bond acceptors (Lipinski definition) is 6. The Morgan fingerprint density at radius 3 is 1.51 bits per heavy atom. The lowest BCUT2D eigenvalue weighted by Gasteiger charge is -2.42. The molecule has 0 aromatic carbocycles. The normalized spacial score (nSPS) is 24.4. The van der Waals surface area contributed by atoms with E-state index < -0.39 is 16.2 Å². The highest BCUT2D eigenvalue weighted by molar-refractivity contribution is 5.81. The maximum Gasteiger partial charge on any atom is 0.312 e. The van der Waals surface area contributed by atoms with Gasteiger partial charge in [0.15, 0.2) is 0 Å². The number of rotatable bonds is 28. The molecule has 2 fully saturated rings. The molecule has 6 heteroatoms. The van der Waals surface area contributed by atoms with Gasteiger partial charge in [-0.1, -0.05) is 138 Å². The summed E-state index contributed by atoms with van der Waals surface area (Å²) < 4.78 is 17.6. The van der Waals surface area contributed by atoms with Crippen molar-refractivity contribution in [2.45, 2.75) is 223 Å². The Balaban J connectivity index is 1.83. The van der Waals surface area contributed by atoms with Crippen molar-refractivity contribution in [2.24, 2.45) is 33.0 Å². The maximum atomic E-state index is 14.3. The van der Waals surface area contributed by atoms with Gasteiger partial charge in [0.2, 0.25) is 0 Å². The Bertz CT molecular complexity index is 1050. The molecule has 0 heterocycles. The number of unbranched alkanes of at least 4 members (excludes halogenated alkanes) is 15. The molecule has 2 saturated carbocycles. The molecule has 51 heavy (non-hydrogen) atoms. The van der Waals surface area contributed by atoms with Crippen LogP contribution in [0.25, 0.3) is 0 Å². The summed E-state index contributed by atoms with van der Waals surface area (Å²) >= 11 is 0. The third-order valence-corrected chi connectivity index (χ3v) is 14.4. The second kappa shape index (κ2) is 21.3. The molecule has 0 amide bonds. The zero-order chi connectivity index (χ0) is 38.2. The minimum atomic E-state index is -0.952. The minimum Gasteiger partial charge on any atom is -0.469 e. The third kappa shape index (κ3) is 12.5. The molecule has 0 N–H and O–H groups in total. The van der Waals surface area contributed by atoms with Crippen LogP contribution in [-0.4, -0.2) is 37.7 Å². The van der Waals surface area contributed by atoms with Crippen LogP contribution in [0.2, 0.25) is 0 Å². The predicted molar refractivity (Wildman–Crippen MR) is 210 cm³/mol. The zero-order valence-electron chi connectivity index (χ0n) is 35.3. The molecule has 298 valence electrons. The highest BCUT2D eigenvalue weighted by Crippen LogP contribution is 2.66. The van der Waals surface area contributed by atoms with Gasteiger partial charge in [-0.25, -0.2) is 0 Å². The van der Waals surface area contributed by atoms with E-state index in [1.54, 1.807) is 0 Å². The second-order valence-electron chi connectivity index (χ2n) is 18.5. The van der Waals surface area contributed by atoms with E-state index in [9.17, 15) is 14.4 Å². The molecule has 2 rings (SSSR count). The summed E-state index contributed by atoms with van der Waals surface area (Å²) in [5.74, 6) is -0.195. The van der Waals surface area contributed by atoms with Crippen LogP contribution in [0.3, 0.4) is 0 Å². The Morgan fingerprint density at radius 1 is 0.627 bits per heavy atom. The lowest BCUT2D eigenvalue weighted by molar-refractivity contribution is -0.175. The number of carbonyl (C=O) groups excluding carboxylic acids is 3. The summed E-state index contributed by atoms with van der Waals surface area (Å²) in [6, 6.07) is 0. The van der Waals surface area contributed by atoms with E-state index in [2.05, 4.69) is 27.7 Å². The van der Waals surface area contributed by atoms with Gasteiger partial charge in [-0.05, 0) is 89.9 Å². The molecular formula is C45H82O6. The standard InChI is InChI=1S/C45H82O6/c1-11-14-15-16-17-18-19-20-21-22-23-24-25-26-27-28-33-50-39(47)42(6,12-2)31-32-44(8,35-43(7,13-3)38(46)49-10)40(48)51-37-34-36-29-30-45(37,9)41(36,4)5/h36-37H,11-35H2,1-10H3. The minimum absolute atomic E-state index is 0.0565. The number of methoxy groups -OCH3 is 1. The first-order valence-corrected chi connectivity index (χ1v) is 21.6. The molecule has 0 radical (unpaired) electrons. The van der Waals surface area contributed by atoms with Gasteiger partial charge in [-0.2, -0.15) is 0 Å². The van der Waals surface area contributed by atoms with E-state index in [1.165, 1.54) is 103 Å². The number of esters is 3. The summed E-state index contributed by atoms with van der Waals surface area (Å²) in [6.45, 7) is 19.4. The summed E-state index contributed by atoms with van der Waals surface area (Å²) in [5.41, 5.74) is -2.44. The third-order valence-electron chi connectivity index (χ3n) is 14.4. The lowest BCUT2D eigenvalue weighted by Crippen LogP contribution is -2.45. The zero-order valence-corrected chi connectivity index (χ0v) is 35.3. The topological polar surface area (TPSA) is 78.9 Å². The monoisotopic (exact) mass is 719 g/mol. The molecule has 0 saturated heterocycles. The van der Waals surface area contributed by atoms with Gasteiger partial charge in [0.25, 0.3) is 0 Å². The van der Waals surface area contributed by atoms with E-state index in [1.807, 2.05) is 34.6 Å². The molecule has 6 unspecified atom stereocenters. The summed E-state index contributed by atoms with van der Waals surface area (Å²) in [6.07, 6.45) is 26.4. The van der Waals surface area contributed by atoms with Crippen molar-refractivity contribution < 1.29 is 28.6 Å². The van der Waals surface area contributed by atoms with Crippen LogP contribution in [0, 0.1) is 33.0 Å². The van der Waals surface area contributed by atoms with E-state index in [0.29, 0.717) is 44.6 Å². The first-order chi connectivity index (χ1) is 24.1. The van der Waals surface area contributed by atoms with Gasteiger partial charge in [-0.3, -0.25) is 14.4 Å². The number of fused-ring (bicyclic) bond motifs is 2. The smallest absolute Gasteiger partial charge is 0.312 e. The fraction of sp³-hybridized carbons (Fsp3) is 0.933. The fourth-order valence-electron chi connectivity index (χ4n) is 9.26. The average molecular weight is 719 g/mol. The average Bonchev–Trinajstić information content (AvgIpc) is 3.45. The van der Waals surface area contributed by atoms with Gasteiger partial charge in [0, 0.05) is 5.41 Å². The number of carbonyl (C=O) groups is 3. The first-order valence-electron chi connectivity index (χ1n) is 21.6. The van der Waals surface area contributed by atoms with Gasteiger partial charge < -0.3 is 14.2 Å². The molecule has 6 nitrogen and oxygen atoms in total. The molecule has 0 aliphatic heterocycles. The van der Waals surface area contributed by atoms with Crippen molar-refractivity contribution in [2.75, 3.05) is 13.7 Å². The van der Waals surface area contributed by atoms with Crippen molar-refractivity contribution in [1.82, 2.24) is 0 Å². The fourth-order valence-corrected chi connectivity index (χ4v) is 9.26. The molecule has 0 aromatic rings. The van der Waals surface area contributed by atoms with Crippen LogP contribution in [0.5, 0.6) is 0 Å². The Morgan fingerprint density at radius 2 is 1.10 bits per heavy atom. The summed E-state index contributed by atoms with van der Waals surface area (Å²) in [7, 11) is 1.41. The molecule has 0 aromatic heterocycles. The van der Waals surface area contributed by atoms with E-state index in [-0.39, 0.29) is 34.8 Å². The summed E-state index contributed by atoms with van der Waals surface area (Å²) in [4.78, 5) is 40.8. The van der Waals surface area contributed by atoms with Gasteiger partial charge in [0.1, 0.15) is 6.10 Å². The highest BCUT2D eigenvalue weighted by Gasteiger charge is 2.63. The van der Waals surface area contributed by atoms with Crippen LogP contribution in [0.1, 0.15) is 216 Å². The molecule has 6 atom stereocenters. The first kappa shape index (κ1) is 45.6. The van der Waals surface area contributed by atoms with Crippen LogP contribution >= 0.6 is 0 Å². The van der Waals surface area contributed by atoms with Crippen molar-refractivity contribution in [3.63, 3.8) is 0 Å². The second-order valence-corrected chi connectivity index (χ2v) is 18.5. The van der Waals surface area contributed by atoms with Gasteiger partial charge >= 0.3 is 17.9 Å². The lowest BCUT2D eigenvalue weighted by atomic mass is 9.66. The van der Waals surface area contributed by atoms with Crippen LogP contribution < -0.4 is 0 Å². The predicted octanol–water partition coefficient (Wildman–Crippen LogP) is 12.7. The molecule has 2 bridgehead atoms. The quantitative estimate of drug-likeness (QED) is 0.0455. The number of hydrogen-bond donors (Lipinski definition) is 0. The van der Waals surface area contributed by atoms with E-state index >= 15 is 0 Å². The molecular weight excluding hydrogens is 636 g/mol. The van der Waals surface area contributed by atoms with Crippen molar-refractivity contribution >= 4 is 17.9 Å². The van der Waals surface area contributed by atoms with Crippen molar-refractivity contribution in [1.29, 1.82) is 0 Å². The van der Waals surface area contributed by atoms with Gasteiger partial charge in [0.05, 0.1) is 30.0 Å².